The number of methoxy groups -OCH3 is 1. The molecule has 148 valence electrons. The maximum absolute atomic E-state index is 12.6. The van der Waals surface area contributed by atoms with E-state index >= 15 is 0 Å². The van der Waals surface area contributed by atoms with Crippen LogP contribution in [-0.4, -0.2) is 30.9 Å². The molecule has 0 fully saturated rings. The number of benzene rings is 2. The summed E-state index contributed by atoms with van der Waals surface area (Å²) >= 11 is 0. The van der Waals surface area contributed by atoms with Gasteiger partial charge in [-0.3, -0.25) is 9.59 Å². The molecule has 0 aliphatic rings. The standard InChI is InChI=1S/C22H26N2O4/c1-14(2)19(24-20(25)18-7-5-6-15(3)12-18)21(26)23-13-16-8-10-17(11-9-16)22(27)28-4/h5-12,14,19H,13H2,1-4H3,(H,23,26)(H,24,25). The van der Waals surface area contributed by atoms with E-state index in [1.54, 1.807) is 36.4 Å². The van der Waals surface area contributed by atoms with Crippen LogP contribution in [0.25, 0.3) is 0 Å². The third kappa shape index (κ3) is 5.67. The number of aryl methyl sites for hydroxylation is 1. The largest absolute Gasteiger partial charge is 0.465 e. The summed E-state index contributed by atoms with van der Waals surface area (Å²) in [5.74, 6) is -1.02. The van der Waals surface area contributed by atoms with Crippen molar-refractivity contribution >= 4 is 17.8 Å². The topological polar surface area (TPSA) is 84.5 Å². The van der Waals surface area contributed by atoms with E-state index in [1.807, 2.05) is 32.9 Å². The van der Waals surface area contributed by atoms with Crippen LogP contribution >= 0.6 is 0 Å². The van der Waals surface area contributed by atoms with Crippen LogP contribution in [-0.2, 0) is 16.1 Å². The van der Waals surface area contributed by atoms with Crippen LogP contribution < -0.4 is 10.6 Å². The molecule has 1 unspecified atom stereocenters. The first-order valence-electron chi connectivity index (χ1n) is 9.14. The molecule has 0 aliphatic heterocycles. The van der Waals surface area contributed by atoms with Crippen molar-refractivity contribution in [2.45, 2.75) is 33.4 Å². The summed E-state index contributed by atoms with van der Waals surface area (Å²) in [6, 6.07) is 13.4. The van der Waals surface area contributed by atoms with Gasteiger partial charge in [-0.05, 0) is 42.7 Å². The lowest BCUT2D eigenvalue weighted by molar-refractivity contribution is -0.124. The molecule has 28 heavy (non-hydrogen) atoms. The molecule has 0 spiro atoms. The predicted octanol–water partition coefficient (Wildman–Crippen LogP) is 2.85. The molecule has 2 amide bonds. The molecule has 2 rings (SSSR count). The smallest absolute Gasteiger partial charge is 0.337 e. The Morgan fingerprint density at radius 2 is 1.68 bits per heavy atom. The highest BCUT2D eigenvalue weighted by atomic mass is 16.5. The van der Waals surface area contributed by atoms with Crippen LogP contribution in [0.5, 0.6) is 0 Å². The first kappa shape index (κ1) is 21.2. The van der Waals surface area contributed by atoms with Crippen LogP contribution in [0.1, 0.15) is 45.7 Å². The number of carbonyl (C=O) groups excluding carboxylic acids is 3. The minimum atomic E-state index is -0.651. The quantitative estimate of drug-likeness (QED) is 0.721. The second-order valence-electron chi connectivity index (χ2n) is 6.97. The lowest BCUT2D eigenvalue weighted by atomic mass is 10.0. The Morgan fingerprint density at radius 1 is 1.00 bits per heavy atom. The van der Waals surface area contributed by atoms with E-state index in [0.717, 1.165) is 11.1 Å². The van der Waals surface area contributed by atoms with E-state index in [9.17, 15) is 14.4 Å². The fourth-order valence-corrected chi connectivity index (χ4v) is 2.72. The molecule has 0 saturated carbocycles. The Bertz CT molecular complexity index is 844. The van der Waals surface area contributed by atoms with Gasteiger partial charge in [-0.2, -0.15) is 0 Å². The van der Waals surface area contributed by atoms with Crippen molar-refractivity contribution in [1.82, 2.24) is 10.6 Å². The molecule has 0 saturated heterocycles. The summed E-state index contributed by atoms with van der Waals surface area (Å²) in [5.41, 5.74) is 2.79. The summed E-state index contributed by atoms with van der Waals surface area (Å²) in [4.78, 5) is 36.6. The Kier molecular flexibility index (Phi) is 7.32. The zero-order chi connectivity index (χ0) is 20.7. The van der Waals surface area contributed by atoms with Gasteiger partial charge in [-0.1, -0.05) is 43.7 Å². The number of ether oxygens (including phenoxy) is 1. The van der Waals surface area contributed by atoms with Crippen molar-refractivity contribution in [3.8, 4) is 0 Å². The van der Waals surface area contributed by atoms with Crippen LogP contribution in [0.3, 0.4) is 0 Å². The fraction of sp³-hybridized carbons (Fsp3) is 0.318. The molecule has 0 radical (unpaired) electrons. The van der Waals surface area contributed by atoms with Crippen LogP contribution in [0.4, 0.5) is 0 Å². The van der Waals surface area contributed by atoms with E-state index in [-0.39, 0.29) is 17.7 Å². The Hall–Kier alpha value is -3.15. The zero-order valence-corrected chi connectivity index (χ0v) is 16.6. The molecular weight excluding hydrogens is 356 g/mol. The number of carbonyl (C=O) groups is 3. The Labute approximate surface area is 165 Å². The van der Waals surface area contributed by atoms with Crippen molar-refractivity contribution < 1.29 is 19.1 Å². The molecule has 0 bridgehead atoms. The second-order valence-corrected chi connectivity index (χ2v) is 6.97. The highest BCUT2D eigenvalue weighted by Crippen LogP contribution is 2.09. The van der Waals surface area contributed by atoms with Gasteiger partial charge < -0.3 is 15.4 Å². The van der Waals surface area contributed by atoms with Crippen LogP contribution in [0.15, 0.2) is 48.5 Å². The highest BCUT2D eigenvalue weighted by Gasteiger charge is 2.24. The number of hydrogen-bond acceptors (Lipinski definition) is 4. The second kappa shape index (κ2) is 9.69. The average molecular weight is 382 g/mol. The summed E-state index contributed by atoms with van der Waals surface area (Å²) in [6.07, 6.45) is 0. The third-order valence-electron chi connectivity index (χ3n) is 4.36. The van der Waals surface area contributed by atoms with E-state index in [1.165, 1.54) is 7.11 Å². The number of hydrogen-bond donors (Lipinski definition) is 2. The minimum absolute atomic E-state index is 0.0736. The van der Waals surface area contributed by atoms with E-state index < -0.39 is 12.0 Å². The van der Waals surface area contributed by atoms with Gasteiger partial charge in [0.2, 0.25) is 5.91 Å². The van der Waals surface area contributed by atoms with Gasteiger partial charge in [-0.15, -0.1) is 0 Å². The summed E-state index contributed by atoms with van der Waals surface area (Å²) < 4.78 is 4.66. The maximum Gasteiger partial charge on any atom is 0.337 e. The van der Waals surface area contributed by atoms with Crippen molar-refractivity contribution in [1.29, 1.82) is 0 Å². The summed E-state index contributed by atoms with van der Waals surface area (Å²) in [6.45, 7) is 5.97. The van der Waals surface area contributed by atoms with Crippen molar-refractivity contribution in [2.75, 3.05) is 7.11 Å². The average Bonchev–Trinajstić information content (AvgIpc) is 2.69. The van der Waals surface area contributed by atoms with Crippen LogP contribution in [0.2, 0.25) is 0 Å². The molecule has 6 nitrogen and oxygen atoms in total. The first-order valence-corrected chi connectivity index (χ1v) is 9.14. The third-order valence-corrected chi connectivity index (χ3v) is 4.36. The molecular formula is C22H26N2O4. The van der Waals surface area contributed by atoms with Gasteiger partial charge in [0.1, 0.15) is 6.04 Å². The first-order chi connectivity index (χ1) is 13.3. The maximum atomic E-state index is 12.6. The minimum Gasteiger partial charge on any atom is -0.465 e. The van der Waals surface area contributed by atoms with Gasteiger partial charge >= 0.3 is 5.97 Å². The Morgan fingerprint density at radius 3 is 2.25 bits per heavy atom. The molecule has 2 aromatic rings. The lowest BCUT2D eigenvalue weighted by Crippen LogP contribution is -2.49. The number of nitrogens with one attached hydrogen (secondary N) is 2. The van der Waals surface area contributed by atoms with Gasteiger partial charge in [0.05, 0.1) is 12.7 Å². The SMILES string of the molecule is COC(=O)c1ccc(CNC(=O)C(NC(=O)c2cccc(C)c2)C(C)C)cc1. The van der Waals surface area contributed by atoms with Crippen molar-refractivity contribution in [2.24, 2.45) is 5.92 Å². The molecule has 0 heterocycles. The number of esters is 1. The molecule has 6 heteroatoms. The normalized spacial score (nSPS) is 11.6. The van der Waals surface area contributed by atoms with Gasteiger partial charge in [0.25, 0.3) is 5.91 Å². The van der Waals surface area contributed by atoms with Crippen molar-refractivity contribution in [3.05, 3.63) is 70.8 Å². The zero-order valence-electron chi connectivity index (χ0n) is 16.6. The summed E-state index contributed by atoms with van der Waals surface area (Å²) in [7, 11) is 1.33. The molecule has 2 N–H and O–H groups in total. The van der Waals surface area contributed by atoms with Crippen LogP contribution in [0, 0.1) is 12.8 Å². The molecule has 0 aromatic heterocycles. The highest BCUT2D eigenvalue weighted by molar-refractivity contribution is 5.97. The predicted molar refractivity (Wildman–Crippen MR) is 107 cm³/mol. The summed E-state index contributed by atoms with van der Waals surface area (Å²) in [5, 5.41) is 5.66. The van der Waals surface area contributed by atoms with E-state index in [2.05, 4.69) is 15.4 Å². The monoisotopic (exact) mass is 382 g/mol. The lowest BCUT2D eigenvalue weighted by Gasteiger charge is -2.22. The van der Waals surface area contributed by atoms with Gasteiger partial charge in [-0.25, -0.2) is 4.79 Å². The van der Waals surface area contributed by atoms with E-state index in [0.29, 0.717) is 17.7 Å². The fourth-order valence-electron chi connectivity index (χ4n) is 2.72. The van der Waals surface area contributed by atoms with Gasteiger partial charge in [0, 0.05) is 12.1 Å². The van der Waals surface area contributed by atoms with Gasteiger partial charge in [0.15, 0.2) is 0 Å². The van der Waals surface area contributed by atoms with Crippen molar-refractivity contribution in [3.63, 3.8) is 0 Å². The molecule has 2 aromatic carbocycles. The Balaban J connectivity index is 1.99. The van der Waals surface area contributed by atoms with E-state index in [4.69, 9.17) is 0 Å². The number of amides is 2. The number of rotatable bonds is 7. The molecule has 1 atom stereocenters. The molecule has 0 aliphatic carbocycles.